The highest BCUT2D eigenvalue weighted by atomic mass is 35.5. The van der Waals surface area contributed by atoms with Crippen LogP contribution in [0.4, 0.5) is 4.39 Å². The molecule has 33 heavy (non-hydrogen) atoms. The summed E-state index contributed by atoms with van der Waals surface area (Å²) in [4.78, 5) is 22.7. The Hall–Kier alpha value is -2.90. The van der Waals surface area contributed by atoms with Crippen molar-refractivity contribution < 1.29 is 13.9 Å². The number of nitrogens with one attached hydrogen (secondary N) is 1. The van der Waals surface area contributed by atoms with Crippen LogP contribution in [0.3, 0.4) is 0 Å². The summed E-state index contributed by atoms with van der Waals surface area (Å²) in [5.74, 6) is 1.54. The van der Waals surface area contributed by atoms with Crippen LogP contribution in [0.2, 0.25) is 5.02 Å². The van der Waals surface area contributed by atoms with Crippen molar-refractivity contribution in [1.29, 1.82) is 0 Å². The van der Waals surface area contributed by atoms with Gasteiger partial charge in [-0.2, -0.15) is 0 Å². The Kier molecular flexibility index (Phi) is 5.85. The molecule has 0 saturated carbocycles. The maximum atomic E-state index is 13.1. The third-order valence-electron chi connectivity index (χ3n) is 5.96. The molecule has 0 radical (unpaired) electrons. The molecule has 4 aromatic rings. The molecule has 0 spiro atoms. The standard InChI is InChI=1S/C25H22ClFN2O3S/c1-13-3-8-17-20(9-13)33-25-21(17)24(30)28-23(29-25)15-10-18(26)22(19(11-15)31-2)32-12-14-4-6-16(27)7-5-14/h4-7,10-11,13H,3,8-9,12H2,1-2H3,(H,28,29,30)/t13-/m0/s1. The van der Waals surface area contributed by atoms with Crippen LogP contribution in [0, 0.1) is 11.7 Å². The fourth-order valence-electron chi connectivity index (χ4n) is 4.22. The van der Waals surface area contributed by atoms with Crippen molar-refractivity contribution in [2.45, 2.75) is 32.8 Å². The first-order valence-corrected chi connectivity index (χ1v) is 11.9. The fraction of sp³-hybridized carbons (Fsp3) is 0.280. The van der Waals surface area contributed by atoms with E-state index in [4.69, 9.17) is 26.1 Å². The van der Waals surface area contributed by atoms with E-state index in [2.05, 4.69) is 11.9 Å². The van der Waals surface area contributed by atoms with Crippen LogP contribution in [-0.2, 0) is 19.4 Å². The zero-order valence-corrected chi connectivity index (χ0v) is 19.8. The summed E-state index contributed by atoms with van der Waals surface area (Å²) in [5, 5.41) is 1.04. The summed E-state index contributed by atoms with van der Waals surface area (Å²) in [7, 11) is 1.52. The Morgan fingerprint density at radius 2 is 2.06 bits per heavy atom. The normalized spacial score (nSPS) is 15.5. The highest BCUT2D eigenvalue weighted by Gasteiger charge is 2.23. The quantitative estimate of drug-likeness (QED) is 0.368. The molecule has 8 heteroatoms. The number of halogens is 2. The van der Waals surface area contributed by atoms with Crippen LogP contribution in [0.15, 0.2) is 41.2 Å². The van der Waals surface area contributed by atoms with Crippen LogP contribution in [-0.4, -0.2) is 17.1 Å². The van der Waals surface area contributed by atoms with Gasteiger partial charge < -0.3 is 14.5 Å². The summed E-state index contributed by atoms with van der Waals surface area (Å²) in [6, 6.07) is 9.49. The monoisotopic (exact) mass is 484 g/mol. The molecule has 1 aliphatic carbocycles. The third-order valence-corrected chi connectivity index (χ3v) is 7.39. The lowest BCUT2D eigenvalue weighted by Crippen LogP contribution is -2.13. The van der Waals surface area contributed by atoms with Gasteiger partial charge in [-0.25, -0.2) is 9.37 Å². The highest BCUT2D eigenvalue weighted by Crippen LogP contribution is 2.40. The first-order chi connectivity index (χ1) is 15.9. The molecular formula is C25H22ClFN2O3S. The number of thiophene rings is 1. The number of ether oxygens (including phenoxy) is 2. The largest absolute Gasteiger partial charge is 0.493 e. The first-order valence-electron chi connectivity index (χ1n) is 10.7. The lowest BCUT2D eigenvalue weighted by Gasteiger charge is -2.17. The second-order valence-corrected chi connectivity index (χ2v) is 9.84. The first kappa shape index (κ1) is 21.9. The fourth-order valence-corrected chi connectivity index (χ4v) is 5.87. The predicted molar refractivity (Wildman–Crippen MR) is 129 cm³/mol. The van der Waals surface area contributed by atoms with E-state index in [0.717, 1.165) is 35.2 Å². The second kappa shape index (κ2) is 8.80. The molecule has 1 atom stereocenters. The Morgan fingerprint density at radius 1 is 1.27 bits per heavy atom. The Balaban J connectivity index is 1.49. The van der Waals surface area contributed by atoms with E-state index in [1.54, 1.807) is 35.6 Å². The number of rotatable bonds is 5. The van der Waals surface area contributed by atoms with Crippen molar-refractivity contribution in [3.63, 3.8) is 0 Å². The zero-order valence-electron chi connectivity index (χ0n) is 18.2. The van der Waals surface area contributed by atoms with E-state index in [-0.39, 0.29) is 18.0 Å². The van der Waals surface area contributed by atoms with Gasteiger partial charge in [0.15, 0.2) is 11.5 Å². The molecule has 170 valence electrons. The van der Waals surface area contributed by atoms with Crippen molar-refractivity contribution in [2.24, 2.45) is 5.92 Å². The number of hydrogen-bond donors (Lipinski definition) is 1. The van der Waals surface area contributed by atoms with E-state index >= 15 is 0 Å². The van der Waals surface area contributed by atoms with E-state index in [0.29, 0.717) is 39.2 Å². The van der Waals surface area contributed by atoms with E-state index in [1.807, 2.05) is 0 Å². The van der Waals surface area contributed by atoms with Crippen LogP contribution >= 0.6 is 22.9 Å². The highest BCUT2D eigenvalue weighted by molar-refractivity contribution is 7.18. The van der Waals surface area contributed by atoms with E-state index < -0.39 is 0 Å². The van der Waals surface area contributed by atoms with Crippen LogP contribution in [0.25, 0.3) is 21.6 Å². The summed E-state index contributed by atoms with van der Waals surface area (Å²) in [6.07, 6.45) is 3.00. The van der Waals surface area contributed by atoms with Gasteiger partial charge in [-0.1, -0.05) is 30.7 Å². The van der Waals surface area contributed by atoms with Crippen molar-refractivity contribution in [3.8, 4) is 22.9 Å². The number of aromatic amines is 1. The number of hydrogen-bond acceptors (Lipinski definition) is 5. The molecule has 0 bridgehead atoms. The predicted octanol–water partition coefficient (Wildman–Crippen LogP) is 6.16. The number of aryl methyl sites for hydroxylation is 1. The summed E-state index contributed by atoms with van der Waals surface area (Å²) >= 11 is 8.13. The molecule has 1 N–H and O–H groups in total. The number of fused-ring (bicyclic) bond motifs is 3. The van der Waals surface area contributed by atoms with Crippen molar-refractivity contribution in [3.05, 3.63) is 73.6 Å². The molecule has 0 fully saturated rings. The zero-order chi connectivity index (χ0) is 23.1. The molecule has 5 rings (SSSR count). The topological polar surface area (TPSA) is 64.2 Å². The van der Waals surface area contributed by atoms with Gasteiger partial charge in [-0.3, -0.25) is 4.79 Å². The SMILES string of the molecule is COc1cc(-c2nc3sc4c(c3c(=O)[nH]2)CC[C@H](C)C4)cc(Cl)c1OCc1ccc(F)cc1. The van der Waals surface area contributed by atoms with Gasteiger partial charge in [0.1, 0.15) is 23.1 Å². The lowest BCUT2D eigenvalue weighted by molar-refractivity contribution is 0.284. The van der Waals surface area contributed by atoms with E-state index in [1.165, 1.54) is 24.1 Å². The molecular weight excluding hydrogens is 463 g/mol. The van der Waals surface area contributed by atoms with Gasteiger partial charge in [-0.15, -0.1) is 11.3 Å². The van der Waals surface area contributed by atoms with Crippen LogP contribution < -0.4 is 15.0 Å². The smallest absolute Gasteiger partial charge is 0.260 e. The minimum atomic E-state index is -0.307. The van der Waals surface area contributed by atoms with Crippen LogP contribution in [0.1, 0.15) is 29.3 Å². The van der Waals surface area contributed by atoms with Gasteiger partial charge in [0, 0.05) is 10.4 Å². The molecule has 0 amide bonds. The lowest BCUT2D eigenvalue weighted by atomic mass is 9.89. The maximum absolute atomic E-state index is 13.1. The number of benzene rings is 2. The maximum Gasteiger partial charge on any atom is 0.260 e. The van der Waals surface area contributed by atoms with Crippen LogP contribution in [0.5, 0.6) is 11.5 Å². The molecule has 2 aromatic heterocycles. The van der Waals surface area contributed by atoms with Gasteiger partial charge in [0.2, 0.25) is 0 Å². The average molecular weight is 485 g/mol. The average Bonchev–Trinajstić information content (AvgIpc) is 3.16. The molecule has 1 aliphatic rings. The summed E-state index contributed by atoms with van der Waals surface area (Å²) in [6.45, 7) is 2.44. The molecule has 0 aliphatic heterocycles. The van der Waals surface area contributed by atoms with E-state index in [9.17, 15) is 9.18 Å². The Bertz CT molecular complexity index is 1400. The summed E-state index contributed by atoms with van der Waals surface area (Å²) in [5.41, 5.74) is 2.44. The van der Waals surface area contributed by atoms with Crippen molar-refractivity contribution in [1.82, 2.24) is 9.97 Å². The van der Waals surface area contributed by atoms with Gasteiger partial charge in [-0.05, 0) is 60.6 Å². The third kappa shape index (κ3) is 4.23. The minimum absolute atomic E-state index is 0.131. The molecule has 0 saturated heterocycles. The molecule has 2 aromatic carbocycles. The molecule has 0 unspecified atom stereocenters. The minimum Gasteiger partial charge on any atom is -0.493 e. The Labute approximate surface area is 199 Å². The van der Waals surface area contributed by atoms with Gasteiger partial charge in [0.05, 0.1) is 17.5 Å². The molecule has 2 heterocycles. The van der Waals surface area contributed by atoms with Gasteiger partial charge >= 0.3 is 0 Å². The van der Waals surface area contributed by atoms with Gasteiger partial charge in [0.25, 0.3) is 5.56 Å². The number of methoxy groups -OCH3 is 1. The number of aromatic nitrogens is 2. The second-order valence-electron chi connectivity index (χ2n) is 8.35. The van der Waals surface area contributed by atoms with Crippen molar-refractivity contribution in [2.75, 3.05) is 7.11 Å². The summed E-state index contributed by atoms with van der Waals surface area (Å²) < 4.78 is 24.5. The van der Waals surface area contributed by atoms with Crippen molar-refractivity contribution >= 4 is 33.2 Å². The molecule has 5 nitrogen and oxygen atoms in total. The number of nitrogens with zero attached hydrogens (tertiary/aromatic N) is 1. The Morgan fingerprint density at radius 3 is 2.82 bits per heavy atom. The number of H-pyrrole nitrogens is 1.